The lowest BCUT2D eigenvalue weighted by Gasteiger charge is -2.34. The molecule has 1 saturated heterocycles. The normalized spacial score (nSPS) is 14.6. The van der Waals surface area contributed by atoms with Crippen molar-refractivity contribution in [1.82, 2.24) is 29.9 Å². The van der Waals surface area contributed by atoms with E-state index in [0.717, 1.165) is 12.4 Å². The first kappa shape index (κ1) is 17.0. The molecule has 2 aromatic rings. The van der Waals surface area contributed by atoms with E-state index >= 15 is 0 Å². The van der Waals surface area contributed by atoms with E-state index in [1.807, 2.05) is 11.5 Å². The highest BCUT2D eigenvalue weighted by Gasteiger charge is 2.26. The van der Waals surface area contributed by atoms with Crippen LogP contribution in [0.25, 0.3) is 0 Å². The zero-order valence-corrected chi connectivity index (χ0v) is 14.4. The van der Waals surface area contributed by atoms with Crippen molar-refractivity contribution in [3.05, 3.63) is 35.8 Å². The number of carbonyl (C=O) groups is 2. The lowest BCUT2D eigenvalue weighted by molar-refractivity contribution is 0.0632. The average Bonchev–Trinajstić information content (AvgIpc) is 3.27. The van der Waals surface area contributed by atoms with Gasteiger partial charge in [0.2, 0.25) is 0 Å². The topological polar surface area (TPSA) is 96.5 Å². The fourth-order valence-corrected chi connectivity index (χ4v) is 2.76. The van der Waals surface area contributed by atoms with Gasteiger partial charge in [-0.1, -0.05) is 0 Å². The van der Waals surface area contributed by atoms with E-state index < -0.39 is 0 Å². The zero-order valence-electron chi connectivity index (χ0n) is 14.4. The van der Waals surface area contributed by atoms with E-state index in [4.69, 9.17) is 4.42 Å². The van der Waals surface area contributed by atoms with Crippen LogP contribution in [0.3, 0.4) is 0 Å². The minimum atomic E-state index is -0.161. The van der Waals surface area contributed by atoms with Crippen LogP contribution in [0.1, 0.15) is 29.1 Å². The fourth-order valence-electron chi connectivity index (χ4n) is 2.76. The molecular weight excluding hydrogens is 324 g/mol. The quantitative estimate of drug-likeness (QED) is 0.886. The highest BCUT2D eigenvalue weighted by molar-refractivity contribution is 5.91. The Morgan fingerprint density at radius 2 is 1.92 bits per heavy atom. The first-order valence-electron chi connectivity index (χ1n) is 8.33. The Bertz CT molecular complexity index is 745. The smallest absolute Gasteiger partial charge is 0.317 e. The van der Waals surface area contributed by atoms with Crippen LogP contribution in [0.2, 0.25) is 0 Å². The van der Waals surface area contributed by atoms with Crippen molar-refractivity contribution in [3.8, 4) is 0 Å². The Hall–Kier alpha value is -2.84. The van der Waals surface area contributed by atoms with Crippen LogP contribution in [-0.4, -0.2) is 62.7 Å². The van der Waals surface area contributed by atoms with Crippen molar-refractivity contribution in [2.24, 2.45) is 0 Å². The molecule has 134 valence electrons. The van der Waals surface area contributed by atoms with Crippen LogP contribution >= 0.6 is 0 Å². The molecule has 0 atom stereocenters. The van der Waals surface area contributed by atoms with Crippen LogP contribution in [0, 0.1) is 6.92 Å². The third kappa shape index (κ3) is 3.81. The molecule has 0 unspecified atom stereocenters. The number of urea groups is 1. The number of hydrogen-bond donors (Lipinski definition) is 1. The van der Waals surface area contributed by atoms with Gasteiger partial charge < -0.3 is 24.1 Å². The van der Waals surface area contributed by atoms with Crippen molar-refractivity contribution in [1.29, 1.82) is 0 Å². The van der Waals surface area contributed by atoms with Gasteiger partial charge in [0.15, 0.2) is 11.6 Å². The van der Waals surface area contributed by atoms with E-state index in [0.29, 0.717) is 44.2 Å². The zero-order chi connectivity index (χ0) is 17.8. The lowest BCUT2D eigenvalue weighted by atomic mass is 10.3. The highest BCUT2D eigenvalue weighted by Crippen LogP contribution is 2.12. The molecule has 0 aliphatic carbocycles. The number of amides is 3. The largest absolute Gasteiger partial charge is 0.456 e. The first-order valence-corrected chi connectivity index (χ1v) is 8.33. The number of nitrogens with one attached hydrogen (secondary N) is 1. The molecule has 9 heteroatoms. The third-order valence-electron chi connectivity index (χ3n) is 4.24. The molecule has 3 amide bonds. The van der Waals surface area contributed by atoms with Crippen LogP contribution in [-0.2, 0) is 13.1 Å². The van der Waals surface area contributed by atoms with E-state index in [1.54, 1.807) is 35.2 Å². The molecule has 25 heavy (non-hydrogen) atoms. The van der Waals surface area contributed by atoms with Crippen LogP contribution < -0.4 is 5.32 Å². The molecule has 1 aliphatic heterocycles. The standard InChI is InChI=1S/C16H22N6O3/c1-3-20-11-18-19-14(20)10-17-16(24)22-8-6-21(7-9-22)15(23)13-5-4-12(2)25-13/h4-5,11H,3,6-10H2,1-2H3,(H,17,24). The van der Waals surface area contributed by atoms with E-state index in [-0.39, 0.29) is 11.9 Å². The number of nitrogens with zero attached hydrogens (tertiary/aromatic N) is 5. The molecule has 1 fully saturated rings. The van der Waals surface area contributed by atoms with Gasteiger partial charge in [-0.25, -0.2) is 4.79 Å². The summed E-state index contributed by atoms with van der Waals surface area (Å²) in [6.45, 7) is 6.82. The molecule has 0 spiro atoms. The number of hydrogen-bond acceptors (Lipinski definition) is 5. The molecule has 3 heterocycles. The van der Waals surface area contributed by atoms with Gasteiger partial charge in [-0.3, -0.25) is 4.79 Å². The molecule has 0 bridgehead atoms. The Morgan fingerprint density at radius 3 is 2.56 bits per heavy atom. The summed E-state index contributed by atoms with van der Waals surface area (Å²) in [6.07, 6.45) is 1.64. The van der Waals surface area contributed by atoms with E-state index in [9.17, 15) is 9.59 Å². The number of carbonyl (C=O) groups excluding carboxylic acids is 2. The Kier molecular flexibility index (Phi) is 5.01. The molecule has 0 radical (unpaired) electrons. The number of piperazine rings is 1. The predicted octanol–water partition coefficient (Wildman–Crippen LogP) is 0.867. The second-order valence-corrected chi connectivity index (χ2v) is 5.88. The molecular formula is C16H22N6O3. The van der Waals surface area contributed by atoms with Crippen LogP contribution in [0.5, 0.6) is 0 Å². The van der Waals surface area contributed by atoms with Gasteiger partial charge in [0, 0.05) is 32.7 Å². The van der Waals surface area contributed by atoms with Gasteiger partial charge in [0.25, 0.3) is 5.91 Å². The molecule has 3 rings (SSSR count). The van der Waals surface area contributed by atoms with Crippen molar-refractivity contribution < 1.29 is 14.0 Å². The van der Waals surface area contributed by atoms with E-state index in [2.05, 4.69) is 15.5 Å². The maximum atomic E-state index is 12.3. The first-order chi connectivity index (χ1) is 12.1. The second kappa shape index (κ2) is 7.37. The molecule has 0 aromatic carbocycles. The summed E-state index contributed by atoms with van der Waals surface area (Å²) in [7, 11) is 0. The van der Waals surface area contributed by atoms with Crippen molar-refractivity contribution >= 4 is 11.9 Å². The van der Waals surface area contributed by atoms with Gasteiger partial charge in [0.05, 0.1) is 6.54 Å². The van der Waals surface area contributed by atoms with Crippen molar-refractivity contribution in [2.45, 2.75) is 26.9 Å². The minimum absolute atomic E-state index is 0.135. The summed E-state index contributed by atoms with van der Waals surface area (Å²) in [6, 6.07) is 3.29. The molecule has 1 aliphatic rings. The highest BCUT2D eigenvalue weighted by atomic mass is 16.3. The minimum Gasteiger partial charge on any atom is -0.456 e. The Labute approximate surface area is 145 Å². The summed E-state index contributed by atoms with van der Waals surface area (Å²) >= 11 is 0. The van der Waals surface area contributed by atoms with Gasteiger partial charge >= 0.3 is 6.03 Å². The number of rotatable bonds is 4. The van der Waals surface area contributed by atoms with Gasteiger partial charge in [-0.05, 0) is 26.0 Å². The van der Waals surface area contributed by atoms with Crippen molar-refractivity contribution in [3.63, 3.8) is 0 Å². The Morgan fingerprint density at radius 1 is 1.20 bits per heavy atom. The number of aryl methyl sites for hydroxylation is 2. The SMILES string of the molecule is CCn1cnnc1CNC(=O)N1CCN(C(=O)c2ccc(C)o2)CC1. The second-order valence-electron chi connectivity index (χ2n) is 5.88. The third-order valence-corrected chi connectivity index (χ3v) is 4.24. The fraction of sp³-hybridized carbons (Fsp3) is 0.500. The van der Waals surface area contributed by atoms with Crippen molar-refractivity contribution in [2.75, 3.05) is 26.2 Å². The predicted molar refractivity (Wildman–Crippen MR) is 88.9 cm³/mol. The summed E-state index contributed by atoms with van der Waals surface area (Å²) < 4.78 is 7.25. The Balaban J connectivity index is 1.48. The summed E-state index contributed by atoms with van der Waals surface area (Å²) in [4.78, 5) is 28.0. The molecule has 2 aromatic heterocycles. The number of aromatic nitrogens is 3. The molecule has 9 nitrogen and oxygen atoms in total. The maximum absolute atomic E-state index is 12.3. The van der Waals surface area contributed by atoms with Gasteiger partial charge in [0.1, 0.15) is 12.1 Å². The summed E-state index contributed by atoms with van der Waals surface area (Å²) in [5.74, 6) is 1.64. The monoisotopic (exact) mass is 346 g/mol. The van der Waals surface area contributed by atoms with Gasteiger partial charge in [-0.2, -0.15) is 0 Å². The molecule has 1 N–H and O–H groups in total. The average molecular weight is 346 g/mol. The summed E-state index contributed by atoms with van der Waals surface area (Å²) in [5, 5.41) is 10.7. The molecule has 0 saturated carbocycles. The van der Waals surface area contributed by atoms with Crippen LogP contribution in [0.15, 0.2) is 22.9 Å². The maximum Gasteiger partial charge on any atom is 0.317 e. The van der Waals surface area contributed by atoms with E-state index in [1.165, 1.54) is 0 Å². The number of furan rings is 1. The lowest BCUT2D eigenvalue weighted by Crippen LogP contribution is -2.53. The summed E-state index contributed by atoms with van der Waals surface area (Å²) in [5.41, 5.74) is 0. The van der Waals surface area contributed by atoms with Gasteiger partial charge in [-0.15, -0.1) is 10.2 Å². The van der Waals surface area contributed by atoms with Crippen LogP contribution in [0.4, 0.5) is 4.79 Å².